The molecule has 0 saturated heterocycles. The van der Waals surface area contributed by atoms with Crippen LogP contribution in [-0.4, -0.2) is 13.1 Å². The maximum absolute atomic E-state index is 13.0. The molecule has 0 amide bonds. The molecular weight excluding hydrogens is 283 g/mol. The van der Waals surface area contributed by atoms with Gasteiger partial charge < -0.3 is 9.47 Å². The van der Waals surface area contributed by atoms with Gasteiger partial charge >= 0.3 is 5.97 Å². The number of ether oxygens (including phenoxy) is 2. The minimum absolute atomic E-state index is 0.0622. The van der Waals surface area contributed by atoms with E-state index < -0.39 is 11.8 Å². The average Bonchev–Trinajstić information content (AvgIpc) is 2.48. The van der Waals surface area contributed by atoms with Crippen molar-refractivity contribution < 1.29 is 18.7 Å². The highest BCUT2D eigenvalue weighted by molar-refractivity contribution is 6.30. The number of benzene rings is 2. The van der Waals surface area contributed by atoms with Gasteiger partial charge in [0.15, 0.2) is 0 Å². The van der Waals surface area contributed by atoms with Crippen LogP contribution in [0.4, 0.5) is 4.39 Å². The van der Waals surface area contributed by atoms with Crippen LogP contribution in [0.25, 0.3) is 0 Å². The van der Waals surface area contributed by atoms with Gasteiger partial charge in [0.1, 0.15) is 18.2 Å². The predicted octanol–water partition coefficient (Wildman–Crippen LogP) is 3.84. The number of halogens is 2. The molecule has 0 aliphatic carbocycles. The minimum Gasteiger partial charge on any atom is -0.489 e. The summed E-state index contributed by atoms with van der Waals surface area (Å²) >= 11 is 5.69. The number of carbonyl (C=O) groups is 1. The van der Waals surface area contributed by atoms with E-state index in [2.05, 4.69) is 4.74 Å². The van der Waals surface area contributed by atoms with Crippen LogP contribution in [0.1, 0.15) is 15.9 Å². The monoisotopic (exact) mass is 294 g/mol. The summed E-state index contributed by atoms with van der Waals surface area (Å²) in [6.07, 6.45) is 0. The molecule has 0 unspecified atom stereocenters. The van der Waals surface area contributed by atoms with Crippen molar-refractivity contribution in [2.45, 2.75) is 6.61 Å². The number of esters is 1. The summed E-state index contributed by atoms with van der Waals surface area (Å²) in [6, 6.07) is 11.0. The Labute approximate surface area is 120 Å². The molecule has 0 heterocycles. The topological polar surface area (TPSA) is 35.5 Å². The second kappa shape index (κ2) is 6.39. The third-order valence-electron chi connectivity index (χ3n) is 2.66. The van der Waals surface area contributed by atoms with E-state index in [0.717, 1.165) is 5.56 Å². The second-order valence-corrected chi connectivity index (χ2v) is 4.46. The molecule has 0 radical (unpaired) electrons. The molecule has 2 aromatic carbocycles. The molecule has 0 N–H and O–H groups in total. The van der Waals surface area contributed by atoms with E-state index in [1.165, 1.54) is 19.2 Å². The molecule has 2 aromatic rings. The van der Waals surface area contributed by atoms with E-state index in [1.54, 1.807) is 30.3 Å². The zero-order valence-electron chi connectivity index (χ0n) is 10.7. The fourth-order valence-electron chi connectivity index (χ4n) is 1.60. The van der Waals surface area contributed by atoms with E-state index >= 15 is 0 Å². The van der Waals surface area contributed by atoms with Crippen molar-refractivity contribution in [3.8, 4) is 5.75 Å². The summed E-state index contributed by atoms with van der Waals surface area (Å²) < 4.78 is 23.1. The van der Waals surface area contributed by atoms with Crippen LogP contribution in [0.3, 0.4) is 0 Å². The van der Waals surface area contributed by atoms with Crippen LogP contribution < -0.4 is 4.74 Å². The zero-order valence-corrected chi connectivity index (χ0v) is 11.5. The van der Waals surface area contributed by atoms with Gasteiger partial charge in [0.2, 0.25) is 0 Å². The van der Waals surface area contributed by atoms with Gasteiger partial charge in [0.25, 0.3) is 0 Å². The van der Waals surface area contributed by atoms with Crippen molar-refractivity contribution in [3.63, 3.8) is 0 Å². The largest absolute Gasteiger partial charge is 0.489 e. The van der Waals surface area contributed by atoms with Crippen molar-refractivity contribution in [2.24, 2.45) is 0 Å². The Morgan fingerprint density at radius 2 is 1.90 bits per heavy atom. The van der Waals surface area contributed by atoms with Crippen LogP contribution in [0.5, 0.6) is 5.75 Å². The Bertz CT molecular complexity index is 611. The average molecular weight is 295 g/mol. The highest BCUT2D eigenvalue weighted by atomic mass is 35.5. The molecule has 0 aromatic heterocycles. The maximum atomic E-state index is 13.0. The lowest BCUT2D eigenvalue weighted by Crippen LogP contribution is -2.01. The molecule has 5 heteroatoms. The molecule has 0 bridgehead atoms. The lowest BCUT2D eigenvalue weighted by Gasteiger charge is -2.07. The van der Waals surface area contributed by atoms with Crippen LogP contribution in [0.2, 0.25) is 5.02 Å². The Morgan fingerprint density at radius 1 is 1.20 bits per heavy atom. The summed E-state index contributed by atoms with van der Waals surface area (Å²) in [4.78, 5) is 11.3. The summed E-state index contributed by atoms with van der Waals surface area (Å²) in [7, 11) is 1.32. The van der Waals surface area contributed by atoms with Crippen molar-refractivity contribution in [1.29, 1.82) is 0 Å². The Hall–Kier alpha value is -2.07. The molecule has 0 aliphatic rings. The van der Waals surface area contributed by atoms with Crippen LogP contribution in [-0.2, 0) is 11.3 Å². The van der Waals surface area contributed by atoms with Gasteiger partial charge in [-0.05, 0) is 42.0 Å². The summed E-state index contributed by atoms with van der Waals surface area (Å²) in [5.74, 6) is -0.266. The molecule has 2 rings (SSSR count). The van der Waals surface area contributed by atoms with E-state index in [9.17, 15) is 9.18 Å². The molecule has 0 aliphatic heterocycles. The molecule has 104 valence electrons. The maximum Gasteiger partial charge on any atom is 0.337 e. The first-order valence-electron chi connectivity index (χ1n) is 5.85. The van der Waals surface area contributed by atoms with E-state index in [1.807, 2.05) is 0 Å². The summed E-state index contributed by atoms with van der Waals surface area (Å²) in [6.45, 7) is 0.261. The second-order valence-electron chi connectivity index (χ2n) is 4.05. The van der Waals surface area contributed by atoms with E-state index in [0.29, 0.717) is 11.3 Å². The summed E-state index contributed by atoms with van der Waals surface area (Å²) in [5.41, 5.74) is 1.21. The fraction of sp³-hybridized carbons (Fsp3) is 0.133. The van der Waals surface area contributed by atoms with Crippen LogP contribution in [0.15, 0.2) is 42.5 Å². The quantitative estimate of drug-likeness (QED) is 0.804. The normalized spacial score (nSPS) is 10.2. The van der Waals surface area contributed by atoms with Gasteiger partial charge in [-0.15, -0.1) is 0 Å². The molecule has 0 spiro atoms. The van der Waals surface area contributed by atoms with E-state index in [4.69, 9.17) is 16.3 Å². The Morgan fingerprint density at radius 3 is 2.50 bits per heavy atom. The van der Waals surface area contributed by atoms with Crippen molar-refractivity contribution in [3.05, 3.63) is 64.4 Å². The molecule has 0 atom stereocenters. The molecule has 3 nitrogen and oxygen atoms in total. The van der Waals surface area contributed by atoms with Crippen molar-refractivity contribution >= 4 is 17.6 Å². The molecular formula is C15H12ClFO3. The third-order valence-corrected chi connectivity index (χ3v) is 2.95. The first-order chi connectivity index (χ1) is 9.60. The number of methoxy groups -OCH3 is 1. The molecule has 0 fully saturated rings. The SMILES string of the molecule is COC(=O)c1ccc(OCc2ccc(F)c(Cl)c2)cc1. The first kappa shape index (κ1) is 14.3. The summed E-state index contributed by atoms with van der Waals surface area (Å²) in [5, 5.41) is 0.0622. The predicted molar refractivity (Wildman–Crippen MR) is 73.5 cm³/mol. The van der Waals surface area contributed by atoms with Gasteiger partial charge in [-0.1, -0.05) is 17.7 Å². The van der Waals surface area contributed by atoms with Crippen LogP contribution in [0, 0.1) is 5.82 Å². The molecule has 20 heavy (non-hydrogen) atoms. The number of hydrogen-bond donors (Lipinski definition) is 0. The fourth-order valence-corrected chi connectivity index (χ4v) is 1.80. The minimum atomic E-state index is -0.460. The van der Waals surface area contributed by atoms with E-state index in [-0.39, 0.29) is 11.6 Å². The van der Waals surface area contributed by atoms with Gasteiger partial charge in [0.05, 0.1) is 17.7 Å². The lowest BCUT2D eigenvalue weighted by atomic mass is 10.2. The van der Waals surface area contributed by atoms with Crippen LogP contribution >= 0.6 is 11.6 Å². The van der Waals surface area contributed by atoms with Gasteiger partial charge in [0, 0.05) is 0 Å². The standard InChI is InChI=1S/C15H12ClFO3/c1-19-15(18)11-3-5-12(6-4-11)20-9-10-2-7-14(17)13(16)8-10/h2-8H,9H2,1H3. The molecule has 0 saturated carbocycles. The third kappa shape index (κ3) is 3.48. The Balaban J connectivity index is 2.00. The van der Waals surface area contributed by atoms with Gasteiger partial charge in [-0.3, -0.25) is 0 Å². The lowest BCUT2D eigenvalue weighted by molar-refractivity contribution is 0.0600. The Kier molecular flexibility index (Phi) is 4.58. The smallest absolute Gasteiger partial charge is 0.337 e. The zero-order chi connectivity index (χ0) is 14.5. The highest BCUT2D eigenvalue weighted by Crippen LogP contribution is 2.18. The van der Waals surface area contributed by atoms with Gasteiger partial charge in [-0.25, -0.2) is 9.18 Å². The first-order valence-corrected chi connectivity index (χ1v) is 6.23. The number of hydrogen-bond acceptors (Lipinski definition) is 3. The van der Waals surface area contributed by atoms with Crippen molar-refractivity contribution in [1.82, 2.24) is 0 Å². The number of rotatable bonds is 4. The number of carbonyl (C=O) groups excluding carboxylic acids is 1. The highest BCUT2D eigenvalue weighted by Gasteiger charge is 2.05. The van der Waals surface area contributed by atoms with Crippen molar-refractivity contribution in [2.75, 3.05) is 7.11 Å². The van der Waals surface area contributed by atoms with Gasteiger partial charge in [-0.2, -0.15) is 0 Å².